The topological polar surface area (TPSA) is 48.6 Å². The third kappa shape index (κ3) is 3.85. The smallest absolute Gasteiger partial charge is 0.518 e. The van der Waals surface area contributed by atoms with E-state index in [9.17, 15) is 0 Å². The third-order valence-corrected chi connectivity index (χ3v) is 8.18. The van der Waals surface area contributed by atoms with Gasteiger partial charge in [-0.25, -0.2) is 4.98 Å². The van der Waals surface area contributed by atoms with Gasteiger partial charge < -0.3 is 14.0 Å². The number of hydrogen-bond acceptors (Lipinski definition) is 4. The van der Waals surface area contributed by atoms with Crippen LogP contribution in [0.4, 0.5) is 0 Å². The van der Waals surface area contributed by atoms with Crippen molar-refractivity contribution in [2.75, 3.05) is 6.61 Å². The zero-order chi connectivity index (χ0) is 27.2. The van der Waals surface area contributed by atoms with Gasteiger partial charge in [-0.05, 0) is 36.5 Å². The summed E-state index contributed by atoms with van der Waals surface area (Å²) in [5.41, 5.74) is 10.5. The van der Waals surface area contributed by atoms with Gasteiger partial charge in [0.05, 0.1) is 18.2 Å². The van der Waals surface area contributed by atoms with Crippen LogP contribution in [0.1, 0.15) is 59.7 Å². The molecule has 5 aromatic rings. The largest absolute Gasteiger partial charge is 2.00 e. The van der Waals surface area contributed by atoms with Crippen molar-refractivity contribution in [3.63, 3.8) is 0 Å². The van der Waals surface area contributed by atoms with Crippen molar-refractivity contribution in [2.45, 2.75) is 59.9 Å². The molecule has 0 bridgehead atoms. The van der Waals surface area contributed by atoms with Gasteiger partial charge in [-0.15, -0.1) is 28.8 Å². The molecule has 40 heavy (non-hydrogen) atoms. The fraction of sp³-hybridized carbons (Fsp3) is 0.294. The second-order valence-corrected chi connectivity index (χ2v) is 11.6. The maximum Gasteiger partial charge on any atom is 2.00 e. The SMILES string of the molecule is Cc1cnc2c(c1)c1cccc3c1n2-c1[c-]c(Oc2[c-]c(C4=N[C@H](C)CO4)c(C)cc2C)c(C)cc1C3(C)C.[Pt+2]. The van der Waals surface area contributed by atoms with Crippen molar-refractivity contribution in [2.24, 2.45) is 4.99 Å². The number of aliphatic imine (C=N–C) groups is 1. The predicted octanol–water partition coefficient (Wildman–Crippen LogP) is 7.61. The van der Waals surface area contributed by atoms with Crippen LogP contribution in [0.2, 0.25) is 0 Å². The van der Waals surface area contributed by atoms with E-state index in [1.807, 2.05) is 13.1 Å². The minimum absolute atomic E-state index is 0. The van der Waals surface area contributed by atoms with Crippen molar-refractivity contribution >= 4 is 27.8 Å². The van der Waals surface area contributed by atoms with Gasteiger partial charge in [0, 0.05) is 28.5 Å². The molecule has 204 valence electrons. The molecule has 0 amide bonds. The molecule has 6 heteroatoms. The summed E-state index contributed by atoms with van der Waals surface area (Å²) in [6.45, 7) is 15.5. The second-order valence-electron chi connectivity index (χ2n) is 11.6. The number of hydrogen-bond donors (Lipinski definition) is 0. The number of fused-ring (bicyclic) bond motifs is 5. The molecule has 3 aromatic carbocycles. The van der Waals surface area contributed by atoms with Crippen LogP contribution in [-0.4, -0.2) is 28.1 Å². The van der Waals surface area contributed by atoms with E-state index in [0.717, 1.165) is 44.5 Å². The normalized spacial score (nSPS) is 16.9. The fourth-order valence-electron chi connectivity index (χ4n) is 6.11. The van der Waals surface area contributed by atoms with E-state index in [0.29, 0.717) is 24.0 Å². The van der Waals surface area contributed by atoms with Crippen LogP contribution in [0.25, 0.3) is 27.6 Å². The molecule has 0 fully saturated rings. The van der Waals surface area contributed by atoms with Crippen LogP contribution < -0.4 is 4.74 Å². The first-order valence-corrected chi connectivity index (χ1v) is 13.5. The summed E-state index contributed by atoms with van der Waals surface area (Å²) < 4.78 is 14.7. The minimum Gasteiger partial charge on any atom is -0.518 e. The van der Waals surface area contributed by atoms with Gasteiger partial charge in [0.25, 0.3) is 0 Å². The summed E-state index contributed by atoms with van der Waals surface area (Å²) in [6, 6.07) is 20.5. The standard InChI is InChI=1S/C34H31N3O2.Pt/c1-18-11-25-23-9-8-10-26-31(23)37(32(25)35-16-18)28-15-30(21(4)13-27(28)34(26,6)7)39-29-14-24(19(2)12-20(29)3)33-36-22(5)17-38-33;/h8-13,16,22H,17H2,1-7H3;/q-2;+2/t22-;/m1./s1. The molecule has 2 aromatic heterocycles. The molecule has 0 saturated heterocycles. The van der Waals surface area contributed by atoms with Crippen molar-refractivity contribution in [1.82, 2.24) is 9.55 Å². The molecule has 5 nitrogen and oxygen atoms in total. The van der Waals surface area contributed by atoms with Gasteiger partial charge >= 0.3 is 21.1 Å². The molecule has 0 unspecified atom stereocenters. The summed E-state index contributed by atoms with van der Waals surface area (Å²) in [5.74, 6) is 1.98. The van der Waals surface area contributed by atoms with E-state index in [1.54, 1.807) is 0 Å². The van der Waals surface area contributed by atoms with Crippen molar-refractivity contribution in [1.29, 1.82) is 0 Å². The summed E-state index contributed by atoms with van der Waals surface area (Å²) in [7, 11) is 0. The van der Waals surface area contributed by atoms with E-state index in [4.69, 9.17) is 14.5 Å². The number of aromatic nitrogens is 2. The van der Waals surface area contributed by atoms with Crippen LogP contribution in [0.3, 0.4) is 0 Å². The Morgan fingerprint density at radius 3 is 2.45 bits per heavy atom. The average Bonchev–Trinajstić information content (AvgIpc) is 3.46. The summed E-state index contributed by atoms with van der Waals surface area (Å²) in [5, 5.41) is 2.37. The van der Waals surface area contributed by atoms with Gasteiger partial charge in [0.15, 0.2) is 0 Å². The Kier molecular flexibility index (Phi) is 6.23. The van der Waals surface area contributed by atoms with Gasteiger partial charge in [0.2, 0.25) is 0 Å². The zero-order valence-electron chi connectivity index (χ0n) is 23.8. The molecule has 7 rings (SSSR count). The Balaban J connectivity index is 0.00000289. The Morgan fingerprint density at radius 2 is 1.70 bits per heavy atom. The van der Waals surface area contributed by atoms with Crippen LogP contribution >= 0.6 is 0 Å². The van der Waals surface area contributed by atoms with Gasteiger partial charge in [-0.2, -0.15) is 6.07 Å². The number of para-hydroxylation sites is 1. The molecule has 0 N–H and O–H groups in total. The van der Waals surface area contributed by atoms with Crippen LogP contribution in [-0.2, 0) is 31.2 Å². The number of aryl methyl sites for hydroxylation is 4. The molecule has 0 spiro atoms. The van der Waals surface area contributed by atoms with E-state index in [-0.39, 0.29) is 32.5 Å². The van der Waals surface area contributed by atoms with Crippen LogP contribution in [0.15, 0.2) is 47.6 Å². The van der Waals surface area contributed by atoms with Gasteiger partial charge in [0.1, 0.15) is 11.5 Å². The Morgan fingerprint density at radius 1 is 0.950 bits per heavy atom. The molecule has 0 radical (unpaired) electrons. The van der Waals surface area contributed by atoms with Crippen LogP contribution in [0, 0.1) is 39.8 Å². The maximum absolute atomic E-state index is 6.59. The van der Waals surface area contributed by atoms with Crippen molar-refractivity contribution < 1.29 is 30.5 Å². The van der Waals surface area contributed by atoms with E-state index in [1.165, 1.54) is 22.0 Å². The number of nitrogens with zero attached hydrogens (tertiary/aromatic N) is 3. The molecule has 4 heterocycles. The molecule has 0 saturated carbocycles. The second kappa shape index (κ2) is 9.31. The monoisotopic (exact) mass is 708 g/mol. The zero-order valence-corrected chi connectivity index (χ0v) is 26.1. The summed E-state index contributed by atoms with van der Waals surface area (Å²) in [4.78, 5) is 9.55. The number of rotatable bonds is 3. The van der Waals surface area contributed by atoms with Crippen molar-refractivity contribution in [3.8, 4) is 17.2 Å². The predicted molar refractivity (Wildman–Crippen MR) is 156 cm³/mol. The van der Waals surface area contributed by atoms with Crippen molar-refractivity contribution in [3.05, 3.63) is 93.7 Å². The Labute approximate surface area is 249 Å². The van der Waals surface area contributed by atoms with E-state index >= 15 is 0 Å². The van der Waals surface area contributed by atoms with E-state index < -0.39 is 0 Å². The Hall–Kier alpha value is -3.43. The molecule has 1 atom stereocenters. The summed E-state index contributed by atoms with van der Waals surface area (Å²) >= 11 is 0. The van der Waals surface area contributed by atoms with E-state index in [2.05, 4.69) is 99.6 Å². The third-order valence-electron chi connectivity index (χ3n) is 8.18. The minimum atomic E-state index is -0.207. The molecule has 0 aliphatic carbocycles. The number of pyridine rings is 1. The summed E-state index contributed by atoms with van der Waals surface area (Å²) in [6.07, 6.45) is 1.94. The average molecular weight is 709 g/mol. The maximum atomic E-state index is 6.59. The molecular weight excluding hydrogens is 677 g/mol. The molecule has 2 aliphatic rings. The number of benzene rings is 3. The fourth-order valence-corrected chi connectivity index (χ4v) is 6.11. The quantitative estimate of drug-likeness (QED) is 0.182. The van der Waals surface area contributed by atoms with Crippen LogP contribution in [0.5, 0.6) is 11.5 Å². The number of ether oxygens (including phenoxy) is 2. The first-order chi connectivity index (χ1) is 18.6. The Bertz CT molecular complexity index is 1880. The molecular formula is C34H31N3O2Pt. The van der Waals surface area contributed by atoms with Gasteiger partial charge in [-0.1, -0.05) is 75.7 Å². The first kappa shape index (κ1) is 26.8. The molecule has 2 aliphatic heterocycles. The van der Waals surface area contributed by atoms with Gasteiger partial charge in [-0.3, -0.25) is 4.99 Å². The first-order valence-electron chi connectivity index (χ1n) is 13.5.